The maximum Gasteiger partial charge on any atom is 0.00697 e. The topological polar surface area (TPSA) is 0 Å². The van der Waals surface area contributed by atoms with Crippen molar-refractivity contribution in [1.29, 1.82) is 0 Å². The summed E-state index contributed by atoms with van der Waals surface area (Å²) in [6.07, 6.45) is 12.9. The van der Waals surface area contributed by atoms with Gasteiger partial charge in [-0.3, -0.25) is 0 Å². The van der Waals surface area contributed by atoms with Gasteiger partial charge in [-0.05, 0) is 54.1 Å². The lowest BCUT2D eigenvalue weighted by molar-refractivity contribution is 0.292. The summed E-state index contributed by atoms with van der Waals surface area (Å²) < 4.78 is 0. The molecule has 0 amide bonds. The van der Waals surface area contributed by atoms with E-state index in [1.54, 1.807) is 11.1 Å². The molecule has 24 heavy (non-hydrogen) atoms. The van der Waals surface area contributed by atoms with E-state index in [0.717, 1.165) is 20.9 Å². The van der Waals surface area contributed by atoms with E-state index in [0.29, 0.717) is 11.3 Å². The molecule has 1 unspecified atom stereocenters. The number of hydrogen-bond acceptors (Lipinski definition) is 0. The third kappa shape index (κ3) is 4.60. The van der Waals surface area contributed by atoms with E-state index in [1.807, 2.05) is 0 Å². The quantitative estimate of drug-likeness (QED) is 0.461. The third-order valence-electron chi connectivity index (χ3n) is 5.65. The molecule has 1 heteroatoms. The predicted molar refractivity (Wildman–Crippen MR) is 112 cm³/mol. The molecule has 0 radical (unpaired) electrons. The van der Waals surface area contributed by atoms with Crippen molar-refractivity contribution >= 4 is 8.58 Å². The molecule has 2 rings (SSSR count). The van der Waals surface area contributed by atoms with Gasteiger partial charge in [-0.15, -0.1) is 0 Å². The van der Waals surface area contributed by atoms with E-state index in [-0.39, 0.29) is 5.41 Å². The Morgan fingerprint density at radius 3 is 2.54 bits per heavy atom. The van der Waals surface area contributed by atoms with Crippen molar-refractivity contribution in [2.45, 2.75) is 60.8 Å². The zero-order chi connectivity index (χ0) is 18.0. The van der Waals surface area contributed by atoms with Gasteiger partial charge in [-0.2, -0.15) is 0 Å². The minimum absolute atomic E-state index is 0.289. The summed E-state index contributed by atoms with van der Waals surface area (Å²) in [5, 5.41) is 0. The van der Waals surface area contributed by atoms with Gasteiger partial charge >= 0.3 is 0 Å². The van der Waals surface area contributed by atoms with Crippen molar-refractivity contribution in [2.75, 3.05) is 0 Å². The summed E-state index contributed by atoms with van der Waals surface area (Å²) in [5.41, 5.74) is 4.99. The molecule has 0 saturated heterocycles. The van der Waals surface area contributed by atoms with Gasteiger partial charge in [-0.1, -0.05) is 91.3 Å². The molecule has 0 heterocycles. The first kappa shape index (κ1) is 19.5. The molecule has 0 bridgehead atoms. The van der Waals surface area contributed by atoms with Crippen molar-refractivity contribution < 1.29 is 0 Å². The van der Waals surface area contributed by atoms with Crippen LogP contribution in [0, 0.1) is 22.7 Å². The zero-order valence-corrected chi connectivity index (χ0v) is 17.4. The average Bonchev–Trinajstić information content (AvgIpc) is 2.42. The van der Waals surface area contributed by atoms with Crippen molar-refractivity contribution in [3.63, 3.8) is 0 Å². The smallest absolute Gasteiger partial charge is 0.00697 e. The standard InChI is InChI=1S/C23H35P/c1-17-15-19(3)21(23(6,7)16-17)11-14-24-13-10-20-18(2)9-8-12-22(20,4)5/h8-11,13-14,17,20,24H,2,12,15-16H2,1,3-7H3/t17-,20+/m1/s1. The molecular formula is C23H35P. The van der Waals surface area contributed by atoms with Gasteiger partial charge in [0.05, 0.1) is 0 Å². The van der Waals surface area contributed by atoms with E-state index in [1.165, 1.54) is 18.4 Å². The average molecular weight is 343 g/mol. The summed E-state index contributed by atoms with van der Waals surface area (Å²) in [7, 11) is 0.746. The van der Waals surface area contributed by atoms with Gasteiger partial charge in [0.1, 0.15) is 0 Å². The lowest BCUT2D eigenvalue weighted by atomic mass is 9.69. The Balaban J connectivity index is 2.01. The highest BCUT2D eigenvalue weighted by Gasteiger charge is 2.31. The van der Waals surface area contributed by atoms with Crippen LogP contribution in [0.1, 0.15) is 60.8 Å². The molecule has 0 spiro atoms. The molecule has 0 aromatic carbocycles. The minimum Gasteiger partial charge on any atom is -0.0952 e. The van der Waals surface area contributed by atoms with Crippen LogP contribution in [0.4, 0.5) is 0 Å². The highest BCUT2D eigenvalue weighted by Crippen LogP contribution is 2.44. The Morgan fingerprint density at radius 2 is 1.92 bits per heavy atom. The van der Waals surface area contributed by atoms with Crippen LogP contribution in [0.3, 0.4) is 0 Å². The molecule has 2 aliphatic carbocycles. The Hall–Kier alpha value is -0.870. The second kappa shape index (κ2) is 7.57. The first-order valence-corrected chi connectivity index (χ1v) is 10.4. The molecule has 0 aromatic heterocycles. The van der Waals surface area contributed by atoms with E-state index < -0.39 is 0 Å². The van der Waals surface area contributed by atoms with Gasteiger partial charge in [0.15, 0.2) is 0 Å². The second-order valence-electron chi connectivity index (χ2n) is 9.10. The maximum absolute atomic E-state index is 4.24. The fraction of sp³-hybridized carbons (Fsp3) is 0.565. The molecule has 0 nitrogen and oxygen atoms in total. The van der Waals surface area contributed by atoms with Crippen LogP contribution in [0.5, 0.6) is 0 Å². The minimum atomic E-state index is 0.289. The third-order valence-corrected chi connectivity index (χ3v) is 6.39. The van der Waals surface area contributed by atoms with Gasteiger partial charge in [0, 0.05) is 5.92 Å². The fourth-order valence-corrected chi connectivity index (χ4v) is 5.28. The molecule has 0 aliphatic heterocycles. The van der Waals surface area contributed by atoms with Crippen molar-refractivity contribution in [2.24, 2.45) is 22.7 Å². The lowest BCUT2D eigenvalue weighted by Crippen LogP contribution is -2.25. The molecule has 0 saturated carbocycles. The van der Waals surface area contributed by atoms with Crippen LogP contribution in [0.2, 0.25) is 0 Å². The summed E-state index contributed by atoms with van der Waals surface area (Å²) in [6.45, 7) is 18.4. The van der Waals surface area contributed by atoms with Crippen LogP contribution >= 0.6 is 8.58 Å². The monoisotopic (exact) mass is 342 g/mol. The van der Waals surface area contributed by atoms with Gasteiger partial charge in [0.2, 0.25) is 0 Å². The SMILES string of the molecule is C=C1C=CCC(C)(C)[C@H]1C=CPC=CC1=C(C)C[C@@H](C)CC1(C)C. The van der Waals surface area contributed by atoms with Crippen molar-refractivity contribution in [3.05, 3.63) is 59.2 Å². The predicted octanol–water partition coefficient (Wildman–Crippen LogP) is 7.62. The molecule has 0 N–H and O–H groups in total. The van der Waals surface area contributed by atoms with Gasteiger partial charge in [-0.25, -0.2) is 0 Å². The van der Waals surface area contributed by atoms with E-state index in [2.05, 4.69) is 84.1 Å². The van der Waals surface area contributed by atoms with Crippen LogP contribution in [-0.2, 0) is 0 Å². The van der Waals surface area contributed by atoms with E-state index in [4.69, 9.17) is 0 Å². The maximum atomic E-state index is 4.24. The molecular weight excluding hydrogens is 307 g/mol. The summed E-state index contributed by atoms with van der Waals surface area (Å²) in [6, 6.07) is 0. The number of rotatable bonds is 4. The largest absolute Gasteiger partial charge is 0.0952 e. The van der Waals surface area contributed by atoms with Crippen molar-refractivity contribution in [1.82, 2.24) is 0 Å². The van der Waals surface area contributed by atoms with Gasteiger partial charge < -0.3 is 0 Å². The fourth-order valence-electron chi connectivity index (χ4n) is 4.60. The van der Waals surface area contributed by atoms with Crippen molar-refractivity contribution in [3.8, 4) is 0 Å². The molecule has 132 valence electrons. The summed E-state index contributed by atoms with van der Waals surface area (Å²) in [5.74, 6) is 5.99. The second-order valence-corrected chi connectivity index (χ2v) is 10.1. The molecule has 0 fully saturated rings. The lowest BCUT2D eigenvalue weighted by Gasteiger charge is -2.36. The summed E-state index contributed by atoms with van der Waals surface area (Å²) >= 11 is 0. The Labute approximate surface area is 151 Å². The Morgan fingerprint density at radius 1 is 1.21 bits per heavy atom. The van der Waals surface area contributed by atoms with Crippen LogP contribution in [-0.4, -0.2) is 0 Å². The number of allylic oxidation sites excluding steroid dienone is 7. The molecule has 2 aliphatic rings. The summed E-state index contributed by atoms with van der Waals surface area (Å²) in [4.78, 5) is 0. The highest BCUT2D eigenvalue weighted by molar-refractivity contribution is 7.45. The van der Waals surface area contributed by atoms with Crippen LogP contribution in [0.25, 0.3) is 0 Å². The Kier molecular flexibility index (Phi) is 6.14. The van der Waals surface area contributed by atoms with E-state index in [9.17, 15) is 0 Å². The highest BCUT2D eigenvalue weighted by atomic mass is 31.1. The van der Waals surface area contributed by atoms with Crippen LogP contribution < -0.4 is 0 Å². The molecule has 0 aromatic rings. The van der Waals surface area contributed by atoms with Crippen LogP contribution in [0.15, 0.2) is 59.2 Å². The van der Waals surface area contributed by atoms with Gasteiger partial charge in [0.25, 0.3) is 0 Å². The first-order chi connectivity index (χ1) is 11.1. The normalized spacial score (nSPS) is 30.3. The zero-order valence-electron chi connectivity index (χ0n) is 16.4. The number of hydrogen-bond donors (Lipinski definition) is 0. The molecule has 3 atom stereocenters. The van der Waals surface area contributed by atoms with E-state index >= 15 is 0 Å². The first-order valence-electron chi connectivity index (χ1n) is 9.28. The Bertz CT molecular complexity index is 596.